The summed E-state index contributed by atoms with van der Waals surface area (Å²) in [7, 11) is 0. The fourth-order valence-corrected chi connectivity index (χ4v) is 4.32. The highest BCUT2D eigenvalue weighted by Gasteiger charge is 2.55. The van der Waals surface area contributed by atoms with Gasteiger partial charge in [0.2, 0.25) is 0 Å². The lowest BCUT2D eigenvalue weighted by molar-refractivity contribution is -0.152. The molecular weight excluding hydrogens is 488 g/mol. The Morgan fingerprint density at radius 1 is 1.08 bits per heavy atom. The largest absolute Gasteiger partial charge is 0.465 e. The van der Waals surface area contributed by atoms with Crippen molar-refractivity contribution in [2.24, 2.45) is 5.92 Å². The molecular formula is C28H36N4O6. The van der Waals surface area contributed by atoms with Crippen molar-refractivity contribution in [1.29, 1.82) is 0 Å². The maximum atomic E-state index is 13.6. The number of nitrogens with zero attached hydrogens (tertiary/aromatic N) is 2. The Balaban J connectivity index is 1.60. The molecule has 1 heterocycles. The Labute approximate surface area is 222 Å². The quantitative estimate of drug-likeness (QED) is 0.265. The number of aryl methyl sites for hydroxylation is 1. The zero-order valence-corrected chi connectivity index (χ0v) is 22.9. The Hall–Kier alpha value is -3.56. The number of aromatic nitrogens is 2. The molecule has 2 aliphatic carbocycles. The number of carbonyl (C=O) groups excluding carboxylic acids is 4. The summed E-state index contributed by atoms with van der Waals surface area (Å²) in [5, 5.41) is 6.03. The molecule has 2 N–H and O–H groups in total. The third-order valence-electron chi connectivity index (χ3n) is 6.83. The lowest BCUT2D eigenvalue weighted by Crippen LogP contribution is -2.49. The molecule has 38 heavy (non-hydrogen) atoms. The van der Waals surface area contributed by atoms with Gasteiger partial charge in [-0.15, -0.1) is 0 Å². The molecule has 204 valence electrons. The van der Waals surface area contributed by atoms with Crippen molar-refractivity contribution < 1.29 is 28.7 Å². The van der Waals surface area contributed by atoms with Crippen LogP contribution in [0.1, 0.15) is 82.8 Å². The van der Waals surface area contributed by atoms with Gasteiger partial charge < -0.3 is 20.1 Å². The number of anilines is 1. The lowest BCUT2D eigenvalue weighted by atomic mass is 9.89. The van der Waals surface area contributed by atoms with Crippen molar-refractivity contribution in [3.05, 3.63) is 29.5 Å². The molecule has 2 aliphatic rings. The van der Waals surface area contributed by atoms with E-state index >= 15 is 0 Å². The Kier molecular flexibility index (Phi) is 7.20. The first-order valence-corrected chi connectivity index (χ1v) is 13.1. The second kappa shape index (κ2) is 9.96. The average molecular weight is 525 g/mol. The maximum Gasteiger partial charge on any atom is 0.408 e. The second-order valence-corrected chi connectivity index (χ2v) is 11.5. The third-order valence-corrected chi connectivity index (χ3v) is 6.83. The summed E-state index contributed by atoms with van der Waals surface area (Å²) in [4.78, 5) is 61.8. The van der Waals surface area contributed by atoms with Gasteiger partial charge in [-0.05, 0) is 79.4 Å². The average Bonchev–Trinajstić information content (AvgIpc) is 3.74. The van der Waals surface area contributed by atoms with Gasteiger partial charge in [-0.25, -0.2) is 14.8 Å². The molecule has 2 aromatic rings. The minimum atomic E-state index is -1.38. The fourth-order valence-electron chi connectivity index (χ4n) is 4.32. The van der Waals surface area contributed by atoms with Crippen molar-refractivity contribution in [2.75, 3.05) is 11.9 Å². The highest BCUT2D eigenvalue weighted by Crippen LogP contribution is 2.41. The number of fused-ring (bicyclic) bond motifs is 1. The minimum absolute atomic E-state index is 0.0345. The van der Waals surface area contributed by atoms with Crippen LogP contribution < -0.4 is 10.6 Å². The number of alkyl carbamates (subject to hydrolysis) is 1. The van der Waals surface area contributed by atoms with Crippen molar-refractivity contribution in [3.8, 4) is 0 Å². The van der Waals surface area contributed by atoms with Gasteiger partial charge in [0.15, 0.2) is 11.6 Å². The van der Waals surface area contributed by atoms with Crippen LogP contribution >= 0.6 is 0 Å². The van der Waals surface area contributed by atoms with E-state index in [1.807, 2.05) is 6.92 Å². The molecule has 1 atom stereocenters. The molecule has 0 saturated heterocycles. The number of para-hydroxylation sites is 1. The number of amides is 1. The summed E-state index contributed by atoms with van der Waals surface area (Å²) in [5.74, 6) is -2.56. The highest BCUT2D eigenvalue weighted by molar-refractivity contribution is 6.13. The fraction of sp³-hybridized carbons (Fsp3) is 0.571. The van der Waals surface area contributed by atoms with E-state index in [9.17, 15) is 19.2 Å². The Morgan fingerprint density at radius 3 is 2.34 bits per heavy atom. The topological polar surface area (TPSA) is 137 Å². The van der Waals surface area contributed by atoms with E-state index in [1.165, 1.54) is 0 Å². The number of Topliss-reactive ketones (excluding diaryl/α,β-unsaturated/α-hetero) is 2. The van der Waals surface area contributed by atoms with E-state index in [4.69, 9.17) is 14.5 Å². The first-order chi connectivity index (χ1) is 17.8. The number of hydrogen-bond acceptors (Lipinski definition) is 9. The SMILES string of the molecule is CCOC(=O)C(CC(=O)c1cccc2nc(C)c(NC3(C)CC3)nc12)C(=O)C1(NC(=O)OC(C)(C)C)CC1. The van der Waals surface area contributed by atoms with Crippen molar-refractivity contribution >= 4 is 40.5 Å². The van der Waals surface area contributed by atoms with Crippen LogP contribution in [-0.4, -0.2) is 56.9 Å². The molecule has 1 amide bonds. The van der Waals surface area contributed by atoms with Gasteiger partial charge >= 0.3 is 12.1 Å². The molecule has 4 rings (SSSR count). The van der Waals surface area contributed by atoms with Crippen LogP contribution in [-0.2, 0) is 19.1 Å². The number of esters is 1. The van der Waals surface area contributed by atoms with E-state index in [-0.39, 0.29) is 17.7 Å². The van der Waals surface area contributed by atoms with Gasteiger partial charge in [0.05, 0.1) is 17.8 Å². The summed E-state index contributed by atoms with van der Waals surface area (Å²) in [6.07, 6.45) is 1.58. The van der Waals surface area contributed by atoms with E-state index in [0.29, 0.717) is 29.7 Å². The molecule has 10 nitrogen and oxygen atoms in total. The van der Waals surface area contributed by atoms with Crippen LogP contribution in [0.3, 0.4) is 0 Å². The van der Waals surface area contributed by atoms with Crippen molar-refractivity contribution in [1.82, 2.24) is 15.3 Å². The smallest absolute Gasteiger partial charge is 0.408 e. The zero-order valence-electron chi connectivity index (χ0n) is 22.9. The van der Waals surface area contributed by atoms with E-state index in [0.717, 1.165) is 18.5 Å². The molecule has 0 radical (unpaired) electrons. The summed E-state index contributed by atoms with van der Waals surface area (Å²) >= 11 is 0. The van der Waals surface area contributed by atoms with Gasteiger partial charge in [-0.3, -0.25) is 14.4 Å². The molecule has 0 bridgehead atoms. The van der Waals surface area contributed by atoms with E-state index < -0.39 is 47.1 Å². The van der Waals surface area contributed by atoms with Crippen molar-refractivity contribution in [3.63, 3.8) is 0 Å². The first-order valence-electron chi connectivity index (χ1n) is 13.1. The molecule has 1 unspecified atom stereocenters. The Morgan fingerprint density at radius 2 is 1.76 bits per heavy atom. The van der Waals surface area contributed by atoms with E-state index in [2.05, 4.69) is 22.5 Å². The third kappa shape index (κ3) is 6.11. The van der Waals surface area contributed by atoms with Crippen LogP contribution in [0, 0.1) is 12.8 Å². The predicted molar refractivity (Wildman–Crippen MR) is 141 cm³/mol. The highest BCUT2D eigenvalue weighted by atomic mass is 16.6. The monoisotopic (exact) mass is 524 g/mol. The number of hydrogen-bond donors (Lipinski definition) is 2. The summed E-state index contributed by atoms with van der Waals surface area (Å²) in [6.45, 7) is 10.8. The standard InChI is InChI=1S/C28H36N4O6/c1-7-37-24(35)18(22(34)28(13-14-28)32-25(36)38-26(3,4)5)15-20(33)17-9-8-10-19-21(17)30-23(16(2)29-19)31-27(6)11-12-27/h8-10,18H,7,11-15H2,1-6H3,(H,30,31)(H,32,36). The molecule has 1 aromatic carbocycles. The first kappa shape index (κ1) is 27.5. The molecule has 1 aromatic heterocycles. The molecule has 2 fully saturated rings. The van der Waals surface area contributed by atoms with Crippen LogP contribution in [0.15, 0.2) is 18.2 Å². The predicted octanol–water partition coefficient (Wildman–Crippen LogP) is 4.28. The van der Waals surface area contributed by atoms with Crippen LogP contribution in [0.25, 0.3) is 11.0 Å². The van der Waals surface area contributed by atoms with Gasteiger partial charge in [0, 0.05) is 17.5 Å². The number of carbonyl (C=O) groups is 4. The van der Waals surface area contributed by atoms with Gasteiger partial charge in [-0.1, -0.05) is 6.07 Å². The van der Waals surface area contributed by atoms with Crippen LogP contribution in [0.5, 0.6) is 0 Å². The molecule has 10 heteroatoms. The molecule has 0 aliphatic heterocycles. The van der Waals surface area contributed by atoms with E-state index in [1.54, 1.807) is 45.9 Å². The number of rotatable bonds is 10. The van der Waals surface area contributed by atoms with Gasteiger partial charge in [0.25, 0.3) is 0 Å². The maximum absolute atomic E-state index is 13.6. The van der Waals surface area contributed by atoms with Crippen LogP contribution in [0.2, 0.25) is 0 Å². The van der Waals surface area contributed by atoms with Crippen LogP contribution in [0.4, 0.5) is 10.6 Å². The number of nitrogens with one attached hydrogen (secondary N) is 2. The number of ketones is 2. The zero-order chi connectivity index (χ0) is 27.9. The Bertz CT molecular complexity index is 1290. The number of ether oxygens (including phenoxy) is 2. The van der Waals surface area contributed by atoms with Gasteiger partial charge in [0.1, 0.15) is 28.4 Å². The summed E-state index contributed by atoms with van der Waals surface area (Å²) < 4.78 is 10.5. The molecule has 2 saturated carbocycles. The normalized spacial score (nSPS) is 17.7. The van der Waals surface area contributed by atoms with Gasteiger partial charge in [-0.2, -0.15) is 0 Å². The molecule has 0 spiro atoms. The number of benzene rings is 1. The second-order valence-electron chi connectivity index (χ2n) is 11.5. The summed E-state index contributed by atoms with van der Waals surface area (Å²) in [6, 6.07) is 5.09. The van der Waals surface area contributed by atoms with Crippen molar-refractivity contribution in [2.45, 2.75) is 90.3 Å². The minimum Gasteiger partial charge on any atom is -0.465 e. The summed E-state index contributed by atoms with van der Waals surface area (Å²) in [5.41, 5.74) is -0.107. The lowest BCUT2D eigenvalue weighted by Gasteiger charge is -2.25.